The molecule has 0 radical (unpaired) electrons. The number of aromatic nitrogens is 2. The van der Waals surface area contributed by atoms with Gasteiger partial charge in [0.1, 0.15) is 0 Å². The number of benzene rings is 2. The van der Waals surface area contributed by atoms with Crippen LogP contribution in [-0.4, -0.2) is 16.3 Å². The molecule has 144 valence electrons. The molecule has 0 unspecified atom stereocenters. The Labute approximate surface area is 176 Å². The van der Waals surface area contributed by atoms with Gasteiger partial charge in [0.05, 0.1) is 16.4 Å². The van der Waals surface area contributed by atoms with Crippen LogP contribution in [0.5, 0.6) is 0 Å². The minimum atomic E-state index is 0.643. The van der Waals surface area contributed by atoms with Crippen LogP contribution in [0.25, 0.3) is 5.57 Å². The summed E-state index contributed by atoms with van der Waals surface area (Å²) in [6.07, 6.45) is 5.32. The molecule has 0 amide bonds. The van der Waals surface area contributed by atoms with Crippen LogP contribution in [0.4, 0.5) is 11.5 Å². The lowest BCUT2D eigenvalue weighted by atomic mass is 9.94. The minimum absolute atomic E-state index is 0.643. The van der Waals surface area contributed by atoms with Crippen molar-refractivity contribution in [2.75, 3.05) is 11.4 Å². The van der Waals surface area contributed by atoms with Crippen molar-refractivity contribution in [2.24, 2.45) is 7.05 Å². The van der Waals surface area contributed by atoms with Crippen LogP contribution in [-0.2, 0) is 13.5 Å². The lowest BCUT2D eigenvalue weighted by Crippen LogP contribution is -2.25. The molecule has 3 aromatic rings. The van der Waals surface area contributed by atoms with Gasteiger partial charge in [-0.2, -0.15) is 5.10 Å². The Hall–Kier alpha value is -2.23. The van der Waals surface area contributed by atoms with Crippen LogP contribution < -0.4 is 4.90 Å². The summed E-state index contributed by atoms with van der Waals surface area (Å²) in [4.78, 5) is 2.22. The zero-order valence-electron chi connectivity index (χ0n) is 16.1. The van der Waals surface area contributed by atoms with Crippen molar-refractivity contribution in [1.82, 2.24) is 9.78 Å². The summed E-state index contributed by atoms with van der Waals surface area (Å²) < 4.78 is 2.02. The first-order valence-electron chi connectivity index (χ1n) is 9.64. The van der Waals surface area contributed by atoms with Gasteiger partial charge >= 0.3 is 0 Å². The number of anilines is 2. The summed E-state index contributed by atoms with van der Waals surface area (Å²) in [5, 5.41) is 6.21. The van der Waals surface area contributed by atoms with Gasteiger partial charge in [-0.25, -0.2) is 0 Å². The van der Waals surface area contributed by atoms with Crippen LogP contribution in [0.2, 0.25) is 10.0 Å². The Bertz CT molecular complexity index is 1020. The van der Waals surface area contributed by atoms with Crippen molar-refractivity contribution >= 4 is 40.3 Å². The smallest absolute Gasteiger partial charge is 0.158 e. The van der Waals surface area contributed by atoms with Gasteiger partial charge < -0.3 is 4.90 Å². The van der Waals surface area contributed by atoms with Crippen molar-refractivity contribution in [3.05, 3.63) is 81.5 Å². The zero-order valence-corrected chi connectivity index (χ0v) is 17.6. The molecule has 0 aliphatic carbocycles. The second-order valence-corrected chi connectivity index (χ2v) is 7.86. The van der Waals surface area contributed by atoms with Gasteiger partial charge in [-0.05, 0) is 43.0 Å². The Morgan fingerprint density at radius 2 is 1.93 bits per heavy atom. The van der Waals surface area contributed by atoms with E-state index >= 15 is 0 Å². The van der Waals surface area contributed by atoms with Gasteiger partial charge in [0.15, 0.2) is 5.82 Å². The van der Waals surface area contributed by atoms with E-state index in [0.29, 0.717) is 10.0 Å². The maximum absolute atomic E-state index is 6.51. The van der Waals surface area contributed by atoms with E-state index in [-0.39, 0.29) is 0 Å². The first-order valence-corrected chi connectivity index (χ1v) is 10.4. The molecule has 2 aromatic carbocycles. The summed E-state index contributed by atoms with van der Waals surface area (Å²) in [7, 11) is 2.03. The molecule has 1 aromatic heterocycles. The normalized spacial score (nSPS) is 14.3. The minimum Gasteiger partial charge on any atom is -0.323 e. The Morgan fingerprint density at radius 1 is 1.14 bits per heavy atom. The van der Waals surface area contributed by atoms with E-state index in [1.165, 1.54) is 22.4 Å². The molecule has 1 aliphatic rings. The second-order valence-electron chi connectivity index (χ2n) is 7.02. The third kappa shape index (κ3) is 3.45. The van der Waals surface area contributed by atoms with E-state index in [4.69, 9.17) is 28.3 Å². The number of fused-ring (bicyclic) bond motifs is 1. The molecular formula is C23H23Cl2N3. The van der Waals surface area contributed by atoms with Crippen molar-refractivity contribution in [3.8, 4) is 0 Å². The molecular weight excluding hydrogens is 389 g/mol. The van der Waals surface area contributed by atoms with Gasteiger partial charge in [0.25, 0.3) is 0 Å². The van der Waals surface area contributed by atoms with Crippen molar-refractivity contribution < 1.29 is 0 Å². The third-order valence-corrected chi connectivity index (χ3v) is 5.67. The number of allylic oxidation sites excluding steroid dienone is 1. The molecule has 0 bridgehead atoms. The molecule has 3 nitrogen and oxygen atoms in total. The van der Waals surface area contributed by atoms with E-state index in [1.807, 2.05) is 23.9 Å². The standard InChI is InChI=1S/C23H23Cl2N3/c1-3-8-18(16-9-5-4-6-10-16)22-19-11-7-14-28(23(19)26-27(22)2)21-13-12-17(24)15-20(21)25/h4-6,8-10,12-13,15H,3,7,11,14H2,1-2H3/b18-8+. The van der Waals surface area contributed by atoms with Crippen molar-refractivity contribution in [3.63, 3.8) is 0 Å². The lowest BCUT2D eigenvalue weighted by Gasteiger charge is -2.29. The number of hydrogen-bond acceptors (Lipinski definition) is 2. The molecule has 0 saturated heterocycles. The number of nitrogens with zero attached hydrogens (tertiary/aromatic N) is 3. The second kappa shape index (κ2) is 8.02. The van der Waals surface area contributed by atoms with Crippen LogP contribution in [0.1, 0.15) is 36.6 Å². The maximum atomic E-state index is 6.51. The van der Waals surface area contributed by atoms with E-state index in [0.717, 1.165) is 37.3 Å². The van der Waals surface area contributed by atoms with Gasteiger partial charge in [-0.15, -0.1) is 0 Å². The highest BCUT2D eigenvalue weighted by Crippen LogP contribution is 2.41. The van der Waals surface area contributed by atoms with E-state index in [9.17, 15) is 0 Å². The van der Waals surface area contributed by atoms with Crippen LogP contribution >= 0.6 is 23.2 Å². The molecule has 0 saturated carbocycles. The van der Waals surface area contributed by atoms with E-state index in [2.05, 4.69) is 48.2 Å². The molecule has 0 spiro atoms. The first kappa shape index (κ1) is 19.1. The highest BCUT2D eigenvalue weighted by atomic mass is 35.5. The van der Waals surface area contributed by atoms with Gasteiger partial charge in [0, 0.05) is 29.8 Å². The third-order valence-electron chi connectivity index (χ3n) is 5.14. The topological polar surface area (TPSA) is 21.1 Å². The average Bonchev–Trinajstić information content (AvgIpc) is 3.03. The van der Waals surface area contributed by atoms with E-state index in [1.54, 1.807) is 6.07 Å². The highest BCUT2D eigenvalue weighted by molar-refractivity contribution is 6.36. The number of rotatable bonds is 4. The Balaban J connectivity index is 1.85. The first-order chi connectivity index (χ1) is 13.6. The number of halogens is 2. The van der Waals surface area contributed by atoms with Gasteiger partial charge in [-0.3, -0.25) is 4.68 Å². The van der Waals surface area contributed by atoms with Gasteiger partial charge in [-0.1, -0.05) is 66.5 Å². The molecule has 4 rings (SSSR count). The SMILES string of the molecule is CC/C=C(\c1ccccc1)c1c2c(nn1C)N(c1ccc(Cl)cc1Cl)CCC2. The van der Waals surface area contributed by atoms with Crippen molar-refractivity contribution in [1.29, 1.82) is 0 Å². The monoisotopic (exact) mass is 411 g/mol. The van der Waals surface area contributed by atoms with Crippen LogP contribution in [0.15, 0.2) is 54.6 Å². The van der Waals surface area contributed by atoms with Gasteiger partial charge in [0.2, 0.25) is 0 Å². The summed E-state index contributed by atoms with van der Waals surface area (Å²) in [6.45, 7) is 3.06. The van der Waals surface area contributed by atoms with E-state index < -0.39 is 0 Å². The predicted molar refractivity (Wildman–Crippen MR) is 119 cm³/mol. The zero-order chi connectivity index (χ0) is 19.7. The highest BCUT2D eigenvalue weighted by Gasteiger charge is 2.28. The fraction of sp³-hybridized carbons (Fsp3) is 0.261. The fourth-order valence-corrected chi connectivity index (χ4v) is 4.48. The summed E-state index contributed by atoms with van der Waals surface area (Å²) >= 11 is 12.6. The summed E-state index contributed by atoms with van der Waals surface area (Å²) in [6, 6.07) is 16.2. The van der Waals surface area contributed by atoms with Crippen molar-refractivity contribution in [2.45, 2.75) is 26.2 Å². The Morgan fingerprint density at radius 3 is 2.64 bits per heavy atom. The average molecular weight is 412 g/mol. The molecule has 5 heteroatoms. The Kier molecular flexibility index (Phi) is 5.47. The molecule has 28 heavy (non-hydrogen) atoms. The maximum Gasteiger partial charge on any atom is 0.158 e. The summed E-state index contributed by atoms with van der Waals surface area (Å²) in [5.41, 5.74) is 5.89. The number of hydrogen-bond donors (Lipinski definition) is 0. The van der Waals surface area contributed by atoms with Crippen LogP contribution in [0.3, 0.4) is 0 Å². The molecule has 0 fully saturated rings. The molecule has 0 atom stereocenters. The lowest BCUT2D eigenvalue weighted by molar-refractivity contribution is 0.739. The van der Waals surface area contributed by atoms with Crippen LogP contribution in [0, 0.1) is 0 Å². The molecule has 0 N–H and O–H groups in total. The quantitative estimate of drug-likeness (QED) is 0.478. The number of aryl methyl sites for hydroxylation is 1. The molecule has 1 aliphatic heterocycles. The predicted octanol–water partition coefficient (Wildman–Crippen LogP) is 6.65. The largest absolute Gasteiger partial charge is 0.323 e. The summed E-state index contributed by atoms with van der Waals surface area (Å²) in [5.74, 6) is 0.992. The fourth-order valence-electron chi connectivity index (χ4n) is 3.97. The molecule has 2 heterocycles.